The summed E-state index contributed by atoms with van der Waals surface area (Å²) in [5, 5.41) is 32.6. The van der Waals surface area contributed by atoms with Crippen LogP contribution in [0.1, 0.15) is 26.2 Å². The van der Waals surface area contributed by atoms with Crippen molar-refractivity contribution in [1.29, 1.82) is 0 Å². The van der Waals surface area contributed by atoms with Crippen LogP contribution in [0.3, 0.4) is 0 Å². The van der Waals surface area contributed by atoms with Crippen LogP contribution in [-0.4, -0.2) is 75.6 Å². The van der Waals surface area contributed by atoms with E-state index in [0.29, 0.717) is 0 Å². The van der Waals surface area contributed by atoms with Gasteiger partial charge >= 0.3 is 17.9 Å². The molecule has 0 saturated heterocycles. The van der Waals surface area contributed by atoms with Crippen LogP contribution < -0.4 is 21.7 Å². The highest BCUT2D eigenvalue weighted by Crippen LogP contribution is 2.01. The van der Waals surface area contributed by atoms with E-state index in [0.717, 1.165) is 0 Å². The highest BCUT2D eigenvalue weighted by molar-refractivity contribution is 5.90. The minimum atomic E-state index is -1.63. The van der Waals surface area contributed by atoms with E-state index in [-0.39, 0.29) is 6.42 Å². The molecule has 8 N–H and O–H groups in total. The first kappa shape index (κ1) is 23.8. The minimum Gasteiger partial charge on any atom is -0.480 e. The standard InChI is InChI=1S/C14H22N4O9/c1-6(15)12(23)18-7(13(24)25)2-3-9(19)17-8(14(26)27)4-10(20)16-5-11(21)22/h6-8H,2-5,15H2,1H3,(H,16,20)(H,17,19)(H,18,23)(H,21,22)(H,24,25)(H,26,27)/t6-,7-,8-/m0/s1. The molecule has 0 aromatic carbocycles. The number of nitrogens with one attached hydrogen (secondary N) is 3. The van der Waals surface area contributed by atoms with Gasteiger partial charge in [0.15, 0.2) is 0 Å². The highest BCUT2D eigenvalue weighted by Gasteiger charge is 2.26. The largest absolute Gasteiger partial charge is 0.480 e. The van der Waals surface area contributed by atoms with Crippen LogP contribution in [0.25, 0.3) is 0 Å². The number of carboxylic acids is 3. The maximum Gasteiger partial charge on any atom is 0.326 e. The highest BCUT2D eigenvalue weighted by atomic mass is 16.4. The van der Waals surface area contributed by atoms with Crippen molar-refractivity contribution in [2.24, 2.45) is 5.73 Å². The lowest BCUT2D eigenvalue weighted by atomic mass is 10.1. The smallest absolute Gasteiger partial charge is 0.326 e. The van der Waals surface area contributed by atoms with Gasteiger partial charge < -0.3 is 37.0 Å². The zero-order valence-corrected chi connectivity index (χ0v) is 14.4. The summed E-state index contributed by atoms with van der Waals surface area (Å²) in [4.78, 5) is 67.2. The number of nitrogens with two attached hydrogens (primary N) is 1. The molecule has 0 aromatic rings. The normalized spacial score (nSPS) is 13.6. The zero-order chi connectivity index (χ0) is 21.1. The predicted molar refractivity (Wildman–Crippen MR) is 87.3 cm³/mol. The Bertz CT molecular complexity index is 605. The van der Waals surface area contributed by atoms with Gasteiger partial charge in [0.25, 0.3) is 0 Å². The van der Waals surface area contributed by atoms with Crippen LogP contribution in [0.5, 0.6) is 0 Å². The Morgan fingerprint density at radius 1 is 0.889 bits per heavy atom. The molecule has 3 atom stereocenters. The van der Waals surface area contributed by atoms with E-state index in [1.54, 1.807) is 0 Å². The Balaban J connectivity index is 4.65. The molecule has 27 heavy (non-hydrogen) atoms. The van der Waals surface area contributed by atoms with Crippen molar-refractivity contribution in [3.63, 3.8) is 0 Å². The molecule has 0 aliphatic heterocycles. The second kappa shape index (κ2) is 11.4. The molecule has 0 aliphatic carbocycles. The van der Waals surface area contributed by atoms with E-state index < -0.39 is 73.1 Å². The van der Waals surface area contributed by atoms with E-state index in [1.807, 2.05) is 10.6 Å². The van der Waals surface area contributed by atoms with Gasteiger partial charge in [-0.2, -0.15) is 0 Å². The van der Waals surface area contributed by atoms with Crippen molar-refractivity contribution < 1.29 is 44.1 Å². The fourth-order valence-corrected chi connectivity index (χ4v) is 1.73. The molecule has 0 radical (unpaired) electrons. The number of aliphatic carboxylic acids is 3. The third kappa shape index (κ3) is 10.4. The summed E-state index contributed by atoms with van der Waals surface area (Å²) < 4.78 is 0. The Morgan fingerprint density at radius 2 is 1.44 bits per heavy atom. The summed E-state index contributed by atoms with van der Waals surface area (Å²) >= 11 is 0. The molecule has 0 aliphatic rings. The molecule has 0 unspecified atom stereocenters. The van der Waals surface area contributed by atoms with Gasteiger partial charge in [-0.1, -0.05) is 0 Å². The van der Waals surface area contributed by atoms with E-state index in [4.69, 9.17) is 21.1 Å². The first-order chi connectivity index (χ1) is 12.4. The van der Waals surface area contributed by atoms with E-state index >= 15 is 0 Å². The van der Waals surface area contributed by atoms with Gasteiger partial charge in [0.1, 0.15) is 18.6 Å². The number of carboxylic acid groups (broad SMARTS) is 3. The first-order valence-corrected chi connectivity index (χ1v) is 7.73. The van der Waals surface area contributed by atoms with Crippen molar-refractivity contribution in [3.8, 4) is 0 Å². The van der Waals surface area contributed by atoms with Crippen molar-refractivity contribution >= 4 is 35.6 Å². The maximum absolute atomic E-state index is 11.8. The lowest BCUT2D eigenvalue weighted by Crippen LogP contribution is -2.48. The quantitative estimate of drug-likeness (QED) is 0.177. The molecule has 0 bridgehead atoms. The van der Waals surface area contributed by atoms with Gasteiger partial charge in [-0.25, -0.2) is 9.59 Å². The Hall–Kier alpha value is -3.22. The summed E-state index contributed by atoms with van der Waals surface area (Å²) in [7, 11) is 0. The van der Waals surface area contributed by atoms with Crippen LogP contribution in [0.4, 0.5) is 0 Å². The van der Waals surface area contributed by atoms with Crippen LogP contribution in [0.2, 0.25) is 0 Å². The lowest BCUT2D eigenvalue weighted by molar-refractivity contribution is -0.144. The van der Waals surface area contributed by atoms with Crippen molar-refractivity contribution in [1.82, 2.24) is 16.0 Å². The van der Waals surface area contributed by atoms with Gasteiger partial charge in [-0.15, -0.1) is 0 Å². The number of hydrogen-bond donors (Lipinski definition) is 7. The Labute approximate surface area is 153 Å². The molecule has 13 nitrogen and oxygen atoms in total. The van der Waals surface area contributed by atoms with Crippen LogP contribution >= 0.6 is 0 Å². The van der Waals surface area contributed by atoms with Crippen LogP contribution in [0, 0.1) is 0 Å². The van der Waals surface area contributed by atoms with Crippen molar-refractivity contribution in [2.45, 2.75) is 44.3 Å². The number of rotatable bonds is 12. The third-order valence-electron chi connectivity index (χ3n) is 3.15. The first-order valence-electron chi connectivity index (χ1n) is 7.73. The third-order valence-corrected chi connectivity index (χ3v) is 3.15. The second-order valence-electron chi connectivity index (χ2n) is 5.56. The molecule has 0 spiro atoms. The summed E-state index contributed by atoms with van der Waals surface area (Å²) in [6.07, 6.45) is -1.49. The SMILES string of the molecule is C[C@H](N)C(=O)N[C@@H](CCC(=O)N[C@@H](CC(=O)NCC(=O)O)C(=O)O)C(=O)O. The molecular weight excluding hydrogens is 368 g/mol. The molecule has 13 heteroatoms. The summed E-state index contributed by atoms with van der Waals surface area (Å²) in [6, 6.07) is -3.99. The summed E-state index contributed by atoms with van der Waals surface area (Å²) in [5.74, 6) is -6.77. The average molecular weight is 390 g/mol. The number of amides is 3. The van der Waals surface area contributed by atoms with E-state index in [1.165, 1.54) is 6.92 Å². The van der Waals surface area contributed by atoms with Gasteiger partial charge in [-0.05, 0) is 13.3 Å². The molecule has 0 saturated carbocycles. The molecule has 0 rings (SSSR count). The second-order valence-corrected chi connectivity index (χ2v) is 5.56. The number of carbonyl (C=O) groups is 6. The topological polar surface area (TPSA) is 225 Å². The molecule has 0 fully saturated rings. The number of hydrogen-bond acceptors (Lipinski definition) is 7. The summed E-state index contributed by atoms with van der Waals surface area (Å²) in [5.41, 5.74) is 5.31. The molecular formula is C14H22N4O9. The Kier molecular flexibility index (Phi) is 10.0. The molecule has 0 heterocycles. The van der Waals surface area contributed by atoms with Gasteiger partial charge in [0.05, 0.1) is 12.5 Å². The Morgan fingerprint density at radius 3 is 1.89 bits per heavy atom. The molecule has 152 valence electrons. The fraction of sp³-hybridized carbons (Fsp3) is 0.571. The zero-order valence-electron chi connectivity index (χ0n) is 14.4. The predicted octanol–water partition coefficient (Wildman–Crippen LogP) is -3.16. The van der Waals surface area contributed by atoms with Gasteiger partial charge in [0, 0.05) is 6.42 Å². The molecule has 3 amide bonds. The van der Waals surface area contributed by atoms with Crippen molar-refractivity contribution in [2.75, 3.05) is 6.54 Å². The average Bonchev–Trinajstić information content (AvgIpc) is 2.55. The molecule has 0 aromatic heterocycles. The fourth-order valence-electron chi connectivity index (χ4n) is 1.73. The maximum atomic E-state index is 11.8. The number of carbonyl (C=O) groups excluding carboxylic acids is 3. The summed E-state index contributed by atoms with van der Waals surface area (Å²) in [6.45, 7) is 0.631. The van der Waals surface area contributed by atoms with Crippen LogP contribution in [-0.2, 0) is 28.8 Å². The van der Waals surface area contributed by atoms with Gasteiger partial charge in [-0.3, -0.25) is 19.2 Å². The lowest BCUT2D eigenvalue weighted by Gasteiger charge is -2.17. The van der Waals surface area contributed by atoms with Crippen LogP contribution in [0.15, 0.2) is 0 Å². The van der Waals surface area contributed by atoms with E-state index in [2.05, 4.69) is 5.32 Å². The van der Waals surface area contributed by atoms with Crippen molar-refractivity contribution in [3.05, 3.63) is 0 Å². The monoisotopic (exact) mass is 390 g/mol. The van der Waals surface area contributed by atoms with Gasteiger partial charge in [0.2, 0.25) is 17.7 Å². The minimum absolute atomic E-state index is 0.336. The van der Waals surface area contributed by atoms with E-state index in [9.17, 15) is 28.8 Å².